The molecule has 1 aromatic carbocycles. The van der Waals surface area contributed by atoms with Gasteiger partial charge in [-0.3, -0.25) is 9.78 Å². The molecule has 0 unspecified atom stereocenters. The van der Waals surface area contributed by atoms with E-state index in [4.69, 9.17) is 11.6 Å². The van der Waals surface area contributed by atoms with E-state index in [1.54, 1.807) is 6.20 Å². The lowest BCUT2D eigenvalue weighted by atomic mass is 9.86. The molecule has 0 atom stereocenters. The number of carbonyl (C=O) groups is 1. The van der Waals surface area contributed by atoms with Crippen LogP contribution in [0, 0.1) is 5.92 Å². The molecule has 1 saturated carbocycles. The van der Waals surface area contributed by atoms with Crippen LogP contribution < -0.4 is 15.5 Å². The number of rotatable bonds is 7. The van der Waals surface area contributed by atoms with Crippen LogP contribution >= 0.6 is 11.6 Å². The topological polar surface area (TPSA) is 57.3 Å². The van der Waals surface area contributed by atoms with E-state index in [0.29, 0.717) is 16.5 Å². The number of benzene rings is 1. The third-order valence-electron chi connectivity index (χ3n) is 6.89. The van der Waals surface area contributed by atoms with Crippen LogP contribution in [-0.2, 0) is 11.2 Å². The number of allylic oxidation sites excluding steroid dienone is 2. The van der Waals surface area contributed by atoms with Crippen LogP contribution in [0.25, 0.3) is 5.70 Å². The van der Waals surface area contributed by atoms with Crippen LogP contribution in [0.1, 0.15) is 56.2 Å². The summed E-state index contributed by atoms with van der Waals surface area (Å²) in [4.78, 5) is 18.7. The van der Waals surface area contributed by atoms with Gasteiger partial charge in [0.25, 0.3) is 0 Å². The van der Waals surface area contributed by atoms with Gasteiger partial charge in [0.05, 0.1) is 16.4 Å². The zero-order valence-corrected chi connectivity index (χ0v) is 21.0. The van der Waals surface area contributed by atoms with E-state index in [2.05, 4.69) is 45.3 Å². The van der Waals surface area contributed by atoms with Gasteiger partial charge in [0, 0.05) is 55.0 Å². The molecule has 34 heavy (non-hydrogen) atoms. The number of hydrogen-bond acceptors (Lipinski definition) is 5. The maximum Gasteiger partial charge on any atom is 0.152 e. The average molecular weight is 479 g/mol. The van der Waals surface area contributed by atoms with Gasteiger partial charge in [-0.1, -0.05) is 50.3 Å². The highest BCUT2D eigenvalue weighted by Crippen LogP contribution is 2.35. The molecule has 0 spiro atoms. The van der Waals surface area contributed by atoms with Crippen molar-refractivity contribution in [2.24, 2.45) is 5.92 Å². The van der Waals surface area contributed by atoms with Crippen molar-refractivity contribution in [3.05, 3.63) is 64.5 Å². The van der Waals surface area contributed by atoms with Crippen molar-refractivity contribution < 1.29 is 4.79 Å². The second-order valence-corrected chi connectivity index (χ2v) is 10.1. The molecule has 2 aromatic rings. The zero-order valence-electron chi connectivity index (χ0n) is 20.3. The Morgan fingerprint density at radius 2 is 2.00 bits per heavy atom. The first kappa shape index (κ1) is 24.3. The summed E-state index contributed by atoms with van der Waals surface area (Å²) >= 11 is 6.53. The van der Waals surface area contributed by atoms with E-state index in [0.717, 1.165) is 71.7 Å². The smallest absolute Gasteiger partial charge is 0.152 e. The monoisotopic (exact) mass is 478 g/mol. The first-order valence-corrected chi connectivity index (χ1v) is 12.7. The minimum Gasteiger partial charge on any atom is -0.384 e. The molecular weight excluding hydrogens is 444 g/mol. The lowest BCUT2D eigenvalue weighted by molar-refractivity contribution is -0.104. The molecule has 0 radical (unpaired) electrons. The number of aromatic nitrogens is 1. The standard InChI is InChI=1S/C28H35ClN4O/c1-19-8-7-13-30-28(24(19)18-34)23-15-21(11-12-27(23)33(2)3)32-26-16-22(31-17-25(26)29)14-20-9-5-4-6-10-20/h11-12,15-18,20,30H,1,4-10,13-14H2,2-3H3,(H,31,32). The van der Waals surface area contributed by atoms with Crippen LogP contribution in [0.2, 0.25) is 5.02 Å². The van der Waals surface area contributed by atoms with Gasteiger partial charge >= 0.3 is 0 Å². The Labute approximate surface area is 208 Å². The van der Waals surface area contributed by atoms with Gasteiger partial charge in [0.15, 0.2) is 6.29 Å². The molecule has 4 rings (SSSR count). The van der Waals surface area contributed by atoms with Crippen molar-refractivity contribution in [1.82, 2.24) is 10.3 Å². The molecule has 0 saturated heterocycles. The molecule has 1 fully saturated rings. The Morgan fingerprint density at radius 1 is 1.21 bits per heavy atom. The molecule has 1 aliphatic heterocycles. The third-order valence-corrected chi connectivity index (χ3v) is 7.19. The van der Waals surface area contributed by atoms with Gasteiger partial charge in [0.2, 0.25) is 0 Å². The number of anilines is 3. The summed E-state index contributed by atoms with van der Waals surface area (Å²) in [6, 6.07) is 8.28. The Bertz CT molecular complexity index is 1090. The molecule has 1 aromatic heterocycles. The summed E-state index contributed by atoms with van der Waals surface area (Å²) in [5.41, 5.74) is 7.20. The summed E-state index contributed by atoms with van der Waals surface area (Å²) in [6.45, 7) is 4.96. The van der Waals surface area contributed by atoms with E-state index >= 15 is 0 Å². The predicted molar refractivity (Wildman–Crippen MR) is 143 cm³/mol. The molecule has 1 aliphatic carbocycles. The summed E-state index contributed by atoms with van der Waals surface area (Å²) < 4.78 is 0. The number of hydrogen-bond donors (Lipinski definition) is 2. The number of nitrogens with one attached hydrogen (secondary N) is 2. The van der Waals surface area contributed by atoms with Crippen LogP contribution in [0.4, 0.5) is 17.1 Å². The van der Waals surface area contributed by atoms with Crippen molar-refractivity contribution in [3.63, 3.8) is 0 Å². The molecular formula is C28H35ClN4O. The van der Waals surface area contributed by atoms with Crippen molar-refractivity contribution in [2.45, 2.75) is 51.4 Å². The normalized spacial score (nSPS) is 17.2. The van der Waals surface area contributed by atoms with E-state index in [-0.39, 0.29) is 0 Å². The second-order valence-electron chi connectivity index (χ2n) is 9.66. The summed E-state index contributed by atoms with van der Waals surface area (Å²) in [5.74, 6) is 0.712. The molecule has 2 heterocycles. The molecule has 0 amide bonds. The maximum atomic E-state index is 12.0. The highest BCUT2D eigenvalue weighted by atomic mass is 35.5. The second kappa shape index (κ2) is 11.1. The fourth-order valence-corrected chi connectivity index (χ4v) is 5.19. The largest absolute Gasteiger partial charge is 0.384 e. The van der Waals surface area contributed by atoms with Crippen LogP contribution in [0.15, 0.2) is 48.2 Å². The molecule has 0 bridgehead atoms. The van der Waals surface area contributed by atoms with Gasteiger partial charge in [0.1, 0.15) is 0 Å². The van der Waals surface area contributed by atoms with Crippen molar-refractivity contribution in [2.75, 3.05) is 30.9 Å². The summed E-state index contributed by atoms with van der Waals surface area (Å²) in [7, 11) is 4.02. The molecule has 6 heteroatoms. The van der Waals surface area contributed by atoms with Crippen molar-refractivity contribution in [1.29, 1.82) is 0 Å². The Balaban J connectivity index is 1.66. The quantitative estimate of drug-likeness (QED) is 0.444. The predicted octanol–water partition coefficient (Wildman–Crippen LogP) is 6.52. The number of aldehydes is 1. The molecule has 5 nitrogen and oxygen atoms in total. The highest BCUT2D eigenvalue weighted by Gasteiger charge is 2.20. The van der Waals surface area contributed by atoms with Crippen molar-refractivity contribution in [3.8, 4) is 0 Å². The molecule has 180 valence electrons. The zero-order chi connectivity index (χ0) is 24.1. The Kier molecular flexibility index (Phi) is 7.94. The van der Waals surface area contributed by atoms with Crippen molar-refractivity contribution >= 4 is 40.6 Å². The average Bonchev–Trinajstić information content (AvgIpc) is 3.02. The van der Waals surface area contributed by atoms with Gasteiger partial charge in [-0.2, -0.15) is 0 Å². The first-order chi connectivity index (χ1) is 16.5. The highest BCUT2D eigenvalue weighted by molar-refractivity contribution is 6.33. The fourth-order valence-electron chi connectivity index (χ4n) is 5.04. The van der Waals surface area contributed by atoms with E-state index in [1.807, 2.05) is 20.2 Å². The van der Waals surface area contributed by atoms with Gasteiger partial charge in [-0.25, -0.2) is 0 Å². The first-order valence-electron chi connectivity index (χ1n) is 12.3. The number of nitrogens with zero attached hydrogens (tertiary/aromatic N) is 2. The van der Waals surface area contributed by atoms with E-state index in [9.17, 15) is 4.79 Å². The Morgan fingerprint density at radius 3 is 2.74 bits per heavy atom. The summed E-state index contributed by atoms with van der Waals surface area (Å²) in [5, 5.41) is 7.58. The van der Waals surface area contributed by atoms with Crippen LogP contribution in [0.5, 0.6) is 0 Å². The molecule has 2 aliphatic rings. The van der Waals surface area contributed by atoms with Crippen LogP contribution in [0.3, 0.4) is 0 Å². The lowest BCUT2D eigenvalue weighted by Gasteiger charge is -2.23. The van der Waals surface area contributed by atoms with Gasteiger partial charge < -0.3 is 15.5 Å². The SMILES string of the molecule is C=C1CCCNC(c2cc(Nc3cc(CC4CCCCC4)ncc3Cl)ccc2N(C)C)=C1C=O. The number of carbonyl (C=O) groups excluding carboxylic acids is 1. The van der Waals surface area contributed by atoms with E-state index in [1.165, 1.54) is 32.1 Å². The minimum absolute atomic E-state index is 0.597. The molecule has 2 N–H and O–H groups in total. The summed E-state index contributed by atoms with van der Waals surface area (Å²) in [6.07, 6.45) is 12.0. The number of pyridine rings is 1. The minimum atomic E-state index is 0.597. The van der Waals surface area contributed by atoms with E-state index < -0.39 is 0 Å². The Hall–Kier alpha value is -2.79. The van der Waals surface area contributed by atoms with Crippen LogP contribution in [-0.4, -0.2) is 31.9 Å². The maximum absolute atomic E-state index is 12.0. The van der Waals surface area contributed by atoms with Gasteiger partial charge in [-0.15, -0.1) is 0 Å². The fraction of sp³-hybridized carbons (Fsp3) is 0.429. The third kappa shape index (κ3) is 5.64. The van der Waals surface area contributed by atoms with Gasteiger partial charge in [-0.05, 0) is 55.0 Å². The number of halogens is 1. The lowest BCUT2D eigenvalue weighted by Crippen LogP contribution is -2.18.